The van der Waals surface area contributed by atoms with Crippen molar-refractivity contribution in [2.45, 2.75) is 32.6 Å². The van der Waals surface area contributed by atoms with Crippen LogP contribution in [0.4, 0.5) is 10.7 Å². The van der Waals surface area contributed by atoms with Crippen molar-refractivity contribution in [1.82, 2.24) is 4.90 Å². The summed E-state index contributed by atoms with van der Waals surface area (Å²) in [5.41, 5.74) is 3.06. The Labute approximate surface area is 215 Å². The summed E-state index contributed by atoms with van der Waals surface area (Å²) < 4.78 is 5.25. The molecule has 1 amide bonds. The molecule has 8 heteroatoms. The standard InChI is InChI=1S/C27H29N3O3S2/c1-2-33-26(32)23-18-22(17-19-9-5-3-6-10-19)35-24(23)29-27(34)28-21-13-11-20(12-14-21)25(31)30-15-7-4-8-16-30/h3,5-6,9-14,18H,2,4,7-8,15-17H2,1H3,(H2,28,29,34). The number of carbonyl (C=O) groups excluding carboxylic acids is 2. The predicted octanol–water partition coefficient (Wildman–Crippen LogP) is 5.95. The van der Waals surface area contributed by atoms with Gasteiger partial charge in [0.25, 0.3) is 5.91 Å². The fraction of sp³-hybridized carbons (Fsp3) is 0.296. The molecule has 35 heavy (non-hydrogen) atoms. The minimum Gasteiger partial charge on any atom is -0.462 e. The summed E-state index contributed by atoms with van der Waals surface area (Å²) in [5, 5.41) is 7.30. The average Bonchev–Trinajstić information content (AvgIpc) is 3.27. The summed E-state index contributed by atoms with van der Waals surface area (Å²) in [4.78, 5) is 28.2. The Morgan fingerprint density at radius 2 is 1.71 bits per heavy atom. The number of thiocarbonyl (C=S) groups is 1. The molecule has 0 spiro atoms. The lowest BCUT2D eigenvalue weighted by Crippen LogP contribution is -2.35. The molecule has 2 aromatic carbocycles. The van der Waals surface area contributed by atoms with E-state index in [1.165, 1.54) is 17.8 Å². The van der Waals surface area contributed by atoms with E-state index in [1.807, 2.05) is 53.4 Å². The number of nitrogens with zero attached hydrogens (tertiary/aromatic N) is 1. The Bertz CT molecular complexity index is 1170. The van der Waals surface area contributed by atoms with E-state index in [2.05, 4.69) is 22.8 Å². The predicted molar refractivity (Wildman–Crippen MR) is 146 cm³/mol. The lowest BCUT2D eigenvalue weighted by molar-refractivity contribution is 0.0527. The highest BCUT2D eigenvalue weighted by Crippen LogP contribution is 2.31. The molecule has 0 bridgehead atoms. The molecule has 0 radical (unpaired) electrons. The molecule has 0 saturated carbocycles. The van der Waals surface area contributed by atoms with Crippen molar-refractivity contribution in [2.24, 2.45) is 0 Å². The Morgan fingerprint density at radius 3 is 2.40 bits per heavy atom. The van der Waals surface area contributed by atoms with Gasteiger partial charge < -0.3 is 20.3 Å². The van der Waals surface area contributed by atoms with Gasteiger partial charge in [-0.1, -0.05) is 30.3 Å². The molecule has 2 N–H and O–H groups in total. The minimum atomic E-state index is -0.381. The first-order chi connectivity index (χ1) is 17.0. The number of hydrogen-bond donors (Lipinski definition) is 2. The molecule has 6 nitrogen and oxygen atoms in total. The van der Waals surface area contributed by atoms with Gasteiger partial charge in [0.2, 0.25) is 0 Å². The first-order valence-electron chi connectivity index (χ1n) is 11.8. The highest BCUT2D eigenvalue weighted by Gasteiger charge is 2.20. The number of ether oxygens (including phenoxy) is 1. The number of thiophene rings is 1. The molecule has 1 aromatic heterocycles. The smallest absolute Gasteiger partial charge is 0.341 e. The first kappa shape index (κ1) is 24.9. The number of carbonyl (C=O) groups is 2. The van der Waals surface area contributed by atoms with Crippen molar-refractivity contribution >= 4 is 51.2 Å². The highest BCUT2D eigenvalue weighted by atomic mass is 32.1. The van der Waals surface area contributed by atoms with Gasteiger partial charge in [-0.3, -0.25) is 4.79 Å². The van der Waals surface area contributed by atoms with Gasteiger partial charge in [0.15, 0.2) is 5.11 Å². The second-order valence-electron chi connectivity index (χ2n) is 8.35. The highest BCUT2D eigenvalue weighted by molar-refractivity contribution is 7.80. The molecule has 0 aliphatic carbocycles. The Kier molecular flexibility index (Phi) is 8.50. The number of rotatable bonds is 7. The minimum absolute atomic E-state index is 0.0700. The average molecular weight is 508 g/mol. The van der Waals surface area contributed by atoms with Crippen LogP contribution in [0, 0.1) is 0 Å². The number of amides is 1. The number of hydrogen-bond acceptors (Lipinski definition) is 5. The molecule has 182 valence electrons. The van der Waals surface area contributed by atoms with E-state index in [9.17, 15) is 9.59 Å². The molecule has 1 saturated heterocycles. The quantitative estimate of drug-likeness (QED) is 0.304. The fourth-order valence-corrected chi connectivity index (χ4v) is 5.39. The zero-order valence-corrected chi connectivity index (χ0v) is 21.3. The molecule has 0 atom stereocenters. The van der Waals surface area contributed by atoms with Crippen molar-refractivity contribution in [3.8, 4) is 0 Å². The topological polar surface area (TPSA) is 70.7 Å². The van der Waals surface area contributed by atoms with E-state index < -0.39 is 0 Å². The summed E-state index contributed by atoms with van der Waals surface area (Å²) in [5.74, 6) is -0.311. The van der Waals surface area contributed by atoms with Crippen molar-refractivity contribution in [3.63, 3.8) is 0 Å². The first-order valence-corrected chi connectivity index (χ1v) is 13.1. The van der Waals surface area contributed by atoms with Crippen LogP contribution in [0.5, 0.6) is 0 Å². The lowest BCUT2D eigenvalue weighted by Gasteiger charge is -2.26. The maximum Gasteiger partial charge on any atom is 0.341 e. The van der Waals surface area contributed by atoms with E-state index in [4.69, 9.17) is 17.0 Å². The molecular weight excluding hydrogens is 478 g/mol. The second-order valence-corrected chi connectivity index (χ2v) is 9.89. The monoisotopic (exact) mass is 507 g/mol. The largest absolute Gasteiger partial charge is 0.462 e. The second kappa shape index (κ2) is 12.0. The molecule has 0 unspecified atom stereocenters. The van der Waals surface area contributed by atoms with Crippen LogP contribution < -0.4 is 10.6 Å². The van der Waals surface area contributed by atoms with E-state index in [1.54, 1.807) is 6.92 Å². The normalized spacial score (nSPS) is 13.2. The molecule has 1 aliphatic heterocycles. The zero-order chi connectivity index (χ0) is 24.6. The number of piperidine rings is 1. The van der Waals surface area contributed by atoms with Crippen molar-refractivity contribution < 1.29 is 14.3 Å². The number of anilines is 2. The molecule has 4 rings (SSSR count). The molecule has 2 heterocycles. The van der Waals surface area contributed by atoms with E-state index in [0.29, 0.717) is 34.3 Å². The van der Waals surface area contributed by atoms with Crippen LogP contribution in [-0.4, -0.2) is 41.6 Å². The van der Waals surface area contributed by atoms with Crippen LogP contribution in [0.2, 0.25) is 0 Å². The van der Waals surface area contributed by atoms with Crippen LogP contribution in [0.25, 0.3) is 0 Å². The number of esters is 1. The number of likely N-dealkylation sites (tertiary alicyclic amines) is 1. The summed E-state index contributed by atoms with van der Waals surface area (Å²) in [6.07, 6.45) is 4.03. The van der Waals surface area contributed by atoms with Crippen molar-refractivity contribution in [1.29, 1.82) is 0 Å². The van der Waals surface area contributed by atoms with Crippen molar-refractivity contribution in [3.05, 3.63) is 82.2 Å². The Hall–Kier alpha value is -3.23. The van der Waals surface area contributed by atoms with Crippen LogP contribution >= 0.6 is 23.6 Å². The summed E-state index contributed by atoms with van der Waals surface area (Å²) in [6, 6.07) is 19.3. The summed E-state index contributed by atoms with van der Waals surface area (Å²) >= 11 is 6.99. The lowest BCUT2D eigenvalue weighted by atomic mass is 10.1. The van der Waals surface area contributed by atoms with Gasteiger partial charge in [-0.15, -0.1) is 11.3 Å². The van der Waals surface area contributed by atoms with E-state index in [-0.39, 0.29) is 11.9 Å². The molecule has 1 aliphatic rings. The van der Waals surface area contributed by atoms with Gasteiger partial charge in [-0.05, 0) is 74.3 Å². The van der Waals surface area contributed by atoms with Gasteiger partial charge in [-0.25, -0.2) is 4.79 Å². The molecule has 3 aromatic rings. The molecule has 1 fully saturated rings. The van der Waals surface area contributed by atoms with Crippen LogP contribution in [0.3, 0.4) is 0 Å². The number of nitrogens with one attached hydrogen (secondary N) is 2. The van der Waals surface area contributed by atoms with E-state index in [0.717, 1.165) is 42.1 Å². The maximum atomic E-state index is 12.7. The Morgan fingerprint density at radius 1 is 1.00 bits per heavy atom. The van der Waals surface area contributed by atoms with Gasteiger partial charge >= 0.3 is 5.97 Å². The van der Waals surface area contributed by atoms with Gasteiger partial charge in [-0.2, -0.15) is 0 Å². The maximum absolute atomic E-state index is 12.7. The number of benzene rings is 2. The third-order valence-corrected chi connectivity index (χ3v) is 7.01. The van der Waals surface area contributed by atoms with Gasteiger partial charge in [0.1, 0.15) is 5.00 Å². The van der Waals surface area contributed by atoms with Crippen LogP contribution in [0.1, 0.15) is 57.3 Å². The molecular formula is C27H29N3O3S2. The van der Waals surface area contributed by atoms with Gasteiger partial charge in [0.05, 0.1) is 12.2 Å². The fourth-order valence-electron chi connectivity index (χ4n) is 4.02. The van der Waals surface area contributed by atoms with Gasteiger partial charge in [0, 0.05) is 35.6 Å². The van der Waals surface area contributed by atoms with Crippen LogP contribution in [0.15, 0.2) is 60.7 Å². The SMILES string of the molecule is CCOC(=O)c1cc(Cc2ccccc2)sc1NC(=S)Nc1ccc(C(=O)N2CCCCC2)cc1. The third kappa shape index (κ3) is 6.68. The summed E-state index contributed by atoms with van der Waals surface area (Å²) in [6.45, 7) is 3.73. The zero-order valence-electron chi connectivity index (χ0n) is 19.7. The summed E-state index contributed by atoms with van der Waals surface area (Å²) in [7, 11) is 0. The van der Waals surface area contributed by atoms with E-state index >= 15 is 0 Å². The van der Waals surface area contributed by atoms with Crippen LogP contribution in [-0.2, 0) is 11.2 Å². The third-order valence-electron chi connectivity index (χ3n) is 5.76. The van der Waals surface area contributed by atoms with Crippen molar-refractivity contribution in [2.75, 3.05) is 30.3 Å². The Balaban J connectivity index is 1.42.